The number of carbonyl (C=O) groups excluding carboxylic acids is 1. The third kappa shape index (κ3) is 7.05. The van der Waals surface area contributed by atoms with Crippen LogP contribution in [0.1, 0.15) is 53.6 Å². The maximum Gasteiger partial charge on any atom is 0.187 e. The Morgan fingerprint density at radius 2 is 1.67 bits per heavy atom. The lowest BCUT2D eigenvalue weighted by molar-refractivity contribution is 0.0924. The number of carbonyl (C=O) groups is 1. The first-order valence-corrected chi connectivity index (χ1v) is 13.8. The van der Waals surface area contributed by atoms with Crippen molar-refractivity contribution in [3.05, 3.63) is 101 Å². The SMILES string of the molecule is [C-]#[N+]c1ccc(CN2CCC(CC(=O)c3cccc(OC4CCN(c5ccc(C#N)cc5)CC4)c3)CC2)cc1. The van der Waals surface area contributed by atoms with Gasteiger partial charge in [-0.15, -0.1) is 0 Å². The van der Waals surface area contributed by atoms with E-state index in [-0.39, 0.29) is 11.9 Å². The topological polar surface area (TPSA) is 60.9 Å². The molecule has 0 N–H and O–H groups in total. The maximum absolute atomic E-state index is 13.1. The molecule has 0 saturated carbocycles. The Morgan fingerprint density at radius 1 is 0.949 bits per heavy atom. The van der Waals surface area contributed by atoms with Crippen LogP contribution >= 0.6 is 0 Å². The molecule has 5 rings (SSSR count). The van der Waals surface area contributed by atoms with E-state index in [1.807, 2.05) is 72.8 Å². The van der Waals surface area contributed by atoms with E-state index in [1.165, 1.54) is 5.56 Å². The van der Waals surface area contributed by atoms with Gasteiger partial charge in [0.05, 0.1) is 18.2 Å². The lowest BCUT2D eigenvalue weighted by Crippen LogP contribution is -2.38. The summed E-state index contributed by atoms with van der Waals surface area (Å²) in [5.74, 6) is 1.38. The van der Waals surface area contributed by atoms with Crippen LogP contribution in [-0.2, 0) is 6.54 Å². The quantitative estimate of drug-likeness (QED) is 0.247. The van der Waals surface area contributed by atoms with E-state index in [2.05, 4.69) is 20.7 Å². The van der Waals surface area contributed by atoms with Crippen molar-refractivity contribution >= 4 is 17.2 Å². The lowest BCUT2D eigenvalue weighted by Gasteiger charge is -2.33. The van der Waals surface area contributed by atoms with Crippen molar-refractivity contribution < 1.29 is 9.53 Å². The number of anilines is 1. The molecule has 2 heterocycles. The summed E-state index contributed by atoms with van der Waals surface area (Å²) >= 11 is 0. The molecule has 0 atom stereocenters. The molecule has 198 valence electrons. The van der Waals surface area contributed by atoms with Gasteiger partial charge in [-0.1, -0.05) is 36.4 Å². The molecule has 39 heavy (non-hydrogen) atoms. The van der Waals surface area contributed by atoms with E-state index in [4.69, 9.17) is 16.6 Å². The van der Waals surface area contributed by atoms with Gasteiger partial charge in [-0.3, -0.25) is 9.69 Å². The summed E-state index contributed by atoms with van der Waals surface area (Å²) in [6, 6.07) is 25.5. The zero-order valence-electron chi connectivity index (χ0n) is 22.3. The number of Topliss-reactive ketones (excluding diaryl/α,β-unsaturated/α-hetero) is 1. The number of hydrogen-bond acceptors (Lipinski definition) is 5. The molecule has 0 spiro atoms. The molecule has 3 aromatic rings. The van der Waals surface area contributed by atoms with E-state index >= 15 is 0 Å². The Labute approximate surface area is 231 Å². The van der Waals surface area contributed by atoms with Crippen molar-refractivity contribution in [1.82, 2.24) is 4.90 Å². The second kappa shape index (κ2) is 12.6. The van der Waals surface area contributed by atoms with Gasteiger partial charge in [-0.2, -0.15) is 5.26 Å². The molecule has 0 aromatic heterocycles. The largest absolute Gasteiger partial charge is 0.490 e. The molecule has 2 aliphatic rings. The predicted octanol–water partition coefficient (Wildman–Crippen LogP) is 6.64. The van der Waals surface area contributed by atoms with E-state index in [0.717, 1.165) is 75.4 Å². The molecule has 2 saturated heterocycles. The number of ketones is 1. The van der Waals surface area contributed by atoms with Gasteiger partial charge >= 0.3 is 0 Å². The van der Waals surface area contributed by atoms with Crippen molar-refractivity contribution in [3.8, 4) is 11.8 Å². The van der Waals surface area contributed by atoms with Crippen LogP contribution in [-0.4, -0.2) is 43.0 Å². The van der Waals surface area contributed by atoms with Gasteiger partial charge in [0.15, 0.2) is 11.5 Å². The summed E-state index contributed by atoms with van der Waals surface area (Å²) in [4.78, 5) is 21.3. The molecule has 0 aliphatic carbocycles. The van der Waals surface area contributed by atoms with Crippen molar-refractivity contribution in [1.29, 1.82) is 5.26 Å². The smallest absolute Gasteiger partial charge is 0.187 e. The van der Waals surface area contributed by atoms with Gasteiger partial charge in [0.25, 0.3) is 0 Å². The normalized spacial score (nSPS) is 16.8. The Morgan fingerprint density at radius 3 is 2.33 bits per heavy atom. The number of piperidine rings is 2. The highest BCUT2D eigenvalue weighted by atomic mass is 16.5. The van der Waals surface area contributed by atoms with Crippen LogP contribution in [0, 0.1) is 23.8 Å². The minimum Gasteiger partial charge on any atom is -0.490 e. The Kier molecular flexibility index (Phi) is 8.56. The van der Waals surface area contributed by atoms with Crippen LogP contribution in [0.25, 0.3) is 4.85 Å². The van der Waals surface area contributed by atoms with Gasteiger partial charge < -0.3 is 9.64 Å². The Balaban J connectivity index is 1.07. The molecule has 0 bridgehead atoms. The summed E-state index contributed by atoms with van der Waals surface area (Å²) in [5, 5.41) is 9.01. The Hall–Kier alpha value is -4.13. The van der Waals surface area contributed by atoms with Crippen molar-refractivity contribution in [2.75, 3.05) is 31.1 Å². The van der Waals surface area contributed by atoms with Gasteiger partial charge in [0.1, 0.15) is 11.9 Å². The highest BCUT2D eigenvalue weighted by molar-refractivity contribution is 5.96. The number of nitrogens with zero attached hydrogens (tertiary/aromatic N) is 4. The fraction of sp³-hybridized carbons (Fsp3) is 0.364. The first kappa shape index (κ1) is 26.5. The van der Waals surface area contributed by atoms with Gasteiger partial charge in [0.2, 0.25) is 0 Å². The molecule has 6 heteroatoms. The lowest BCUT2D eigenvalue weighted by atomic mass is 9.89. The molecule has 0 radical (unpaired) electrons. The summed E-state index contributed by atoms with van der Waals surface area (Å²) in [7, 11) is 0. The van der Waals surface area contributed by atoms with Crippen molar-refractivity contribution in [2.24, 2.45) is 5.92 Å². The fourth-order valence-corrected chi connectivity index (χ4v) is 5.58. The van der Waals surface area contributed by atoms with Crippen LogP contribution < -0.4 is 9.64 Å². The number of hydrogen-bond donors (Lipinski definition) is 0. The highest BCUT2D eigenvalue weighted by Gasteiger charge is 2.24. The molecule has 0 amide bonds. The van der Waals surface area contributed by atoms with E-state index in [0.29, 0.717) is 23.6 Å². The summed E-state index contributed by atoms with van der Waals surface area (Å²) in [6.07, 6.45) is 4.60. The fourth-order valence-electron chi connectivity index (χ4n) is 5.58. The number of benzene rings is 3. The summed E-state index contributed by atoms with van der Waals surface area (Å²) in [5.41, 5.74) is 4.47. The zero-order chi connectivity index (χ0) is 27.0. The molecule has 0 unspecified atom stereocenters. The van der Waals surface area contributed by atoms with Gasteiger partial charge in [-0.05, 0) is 73.8 Å². The molecular weight excluding hydrogens is 484 g/mol. The summed E-state index contributed by atoms with van der Waals surface area (Å²) < 4.78 is 6.30. The third-order valence-corrected chi connectivity index (χ3v) is 7.92. The zero-order valence-corrected chi connectivity index (χ0v) is 22.3. The number of likely N-dealkylation sites (tertiary alicyclic amines) is 1. The minimum atomic E-state index is 0.131. The van der Waals surface area contributed by atoms with E-state index in [9.17, 15) is 4.79 Å². The van der Waals surface area contributed by atoms with Crippen LogP contribution in [0.5, 0.6) is 5.75 Å². The minimum absolute atomic E-state index is 0.131. The molecule has 6 nitrogen and oxygen atoms in total. The first-order chi connectivity index (χ1) is 19.1. The van der Waals surface area contributed by atoms with Crippen LogP contribution in [0.3, 0.4) is 0 Å². The molecule has 2 fully saturated rings. The van der Waals surface area contributed by atoms with Crippen LogP contribution in [0.15, 0.2) is 72.8 Å². The van der Waals surface area contributed by atoms with Crippen LogP contribution in [0.2, 0.25) is 0 Å². The summed E-state index contributed by atoms with van der Waals surface area (Å²) in [6.45, 7) is 11.8. The predicted molar refractivity (Wildman–Crippen MR) is 153 cm³/mol. The standard InChI is InChI=1S/C33H34N4O2/c1-35-29-9-5-27(6-10-29)24-36-17-13-25(14-18-36)21-33(38)28-3-2-4-32(22-28)39-31-15-19-37(20-16-31)30-11-7-26(23-34)8-12-30/h2-12,22,25,31H,13-21,24H2. The monoisotopic (exact) mass is 518 g/mol. The maximum atomic E-state index is 13.1. The molecule has 3 aromatic carbocycles. The second-order valence-corrected chi connectivity index (χ2v) is 10.6. The Bertz CT molecular complexity index is 1340. The van der Waals surface area contributed by atoms with Crippen LogP contribution in [0.4, 0.5) is 11.4 Å². The first-order valence-electron chi connectivity index (χ1n) is 13.8. The second-order valence-electron chi connectivity index (χ2n) is 10.6. The number of ether oxygens (including phenoxy) is 1. The van der Waals surface area contributed by atoms with Gasteiger partial charge in [-0.25, -0.2) is 4.85 Å². The highest BCUT2D eigenvalue weighted by Crippen LogP contribution is 2.27. The van der Waals surface area contributed by atoms with E-state index in [1.54, 1.807) is 0 Å². The van der Waals surface area contributed by atoms with Crippen molar-refractivity contribution in [3.63, 3.8) is 0 Å². The third-order valence-electron chi connectivity index (χ3n) is 7.92. The van der Waals surface area contributed by atoms with Crippen molar-refractivity contribution in [2.45, 2.75) is 44.8 Å². The van der Waals surface area contributed by atoms with E-state index < -0.39 is 0 Å². The van der Waals surface area contributed by atoms with Gasteiger partial charge in [0, 0.05) is 50.1 Å². The average Bonchev–Trinajstić information content (AvgIpc) is 2.99. The number of rotatable bonds is 8. The molecule has 2 aliphatic heterocycles. The number of nitriles is 1. The molecular formula is C33H34N4O2. The average molecular weight is 519 g/mol.